The summed E-state index contributed by atoms with van der Waals surface area (Å²) < 4.78 is 0. The fourth-order valence-electron chi connectivity index (χ4n) is 2.44. The second kappa shape index (κ2) is 4.67. The summed E-state index contributed by atoms with van der Waals surface area (Å²) in [4.78, 5) is 0. The molecular weight excluding hydrogens is 210 g/mol. The lowest BCUT2D eigenvalue weighted by atomic mass is 9.67. The van der Waals surface area contributed by atoms with E-state index in [-0.39, 0.29) is 0 Å². The molecule has 0 bridgehead atoms. The maximum atomic E-state index is 6.31. The Kier molecular flexibility index (Phi) is 3.72. The Balaban J connectivity index is 1.78. The second-order valence-electron chi connectivity index (χ2n) is 5.02. The largest absolute Gasteiger partial charge is 0.327 e. The fraction of sp³-hybridized carbons (Fsp3) is 1.00. The minimum absolute atomic E-state index is 0.443. The number of nitrogens with two attached hydrogens (primary N) is 1. The normalized spacial score (nSPS) is 33.4. The first-order valence-electron chi connectivity index (χ1n) is 5.65. The fourth-order valence-corrected chi connectivity index (χ4v) is 5.26. The zero-order valence-electron chi connectivity index (χ0n) is 9.00. The van der Waals surface area contributed by atoms with E-state index in [2.05, 4.69) is 30.4 Å². The van der Waals surface area contributed by atoms with Crippen molar-refractivity contribution in [3.8, 4) is 0 Å². The average Bonchev–Trinajstić information content (AvgIpc) is 2.17. The zero-order valence-corrected chi connectivity index (χ0v) is 10.6. The van der Waals surface area contributed by atoms with Gasteiger partial charge in [-0.05, 0) is 24.7 Å². The number of thioether (sulfide) groups is 2. The maximum Gasteiger partial charge on any atom is 0.0290 e. The van der Waals surface area contributed by atoms with Crippen molar-refractivity contribution in [1.29, 1.82) is 0 Å². The monoisotopic (exact) mass is 231 g/mol. The molecular formula is C11H21NS2. The Morgan fingerprint density at radius 3 is 2.71 bits per heavy atom. The molecule has 1 nitrogen and oxygen atoms in total. The van der Waals surface area contributed by atoms with Crippen molar-refractivity contribution in [2.45, 2.75) is 43.9 Å². The minimum Gasteiger partial charge on any atom is -0.327 e. The summed E-state index contributed by atoms with van der Waals surface area (Å²) in [5, 5.41) is 0.728. The molecule has 2 rings (SSSR count). The molecule has 1 saturated carbocycles. The van der Waals surface area contributed by atoms with E-state index in [9.17, 15) is 0 Å². The van der Waals surface area contributed by atoms with Gasteiger partial charge in [0.2, 0.25) is 0 Å². The molecule has 0 aromatic heterocycles. The van der Waals surface area contributed by atoms with E-state index in [1.54, 1.807) is 0 Å². The summed E-state index contributed by atoms with van der Waals surface area (Å²) in [5.74, 6) is 3.91. The summed E-state index contributed by atoms with van der Waals surface area (Å²) in [7, 11) is 0. The Labute approximate surface area is 96.0 Å². The molecule has 1 aliphatic heterocycles. The molecule has 0 spiro atoms. The predicted molar refractivity (Wildman–Crippen MR) is 68.1 cm³/mol. The van der Waals surface area contributed by atoms with Gasteiger partial charge in [0.15, 0.2) is 0 Å². The zero-order chi connectivity index (χ0) is 10.0. The number of hydrogen-bond donors (Lipinski definition) is 1. The van der Waals surface area contributed by atoms with E-state index in [4.69, 9.17) is 5.73 Å². The van der Waals surface area contributed by atoms with Gasteiger partial charge in [0, 0.05) is 28.6 Å². The van der Waals surface area contributed by atoms with Crippen LogP contribution in [0.5, 0.6) is 0 Å². The summed E-state index contributed by atoms with van der Waals surface area (Å²) in [6, 6.07) is 0.443. The average molecular weight is 231 g/mol. The van der Waals surface area contributed by atoms with Crippen LogP contribution in [-0.2, 0) is 0 Å². The first-order chi connectivity index (χ1) is 6.70. The van der Waals surface area contributed by atoms with Crippen LogP contribution in [0, 0.1) is 5.41 Å². The van der Waals surface area contributed by atoms with Crippen LogP contribution in [0.3, 0.4) is 0 Å². The smallest absolute Gasteiger partial charge is 0.0290 e. The molecule has 82 valence electrons. The maximum absolute atomic E-state index is 6.31. The van der Waals surface area contributed by atoms with Crippen molar-refractivity contribution in [3.05, 3.63) is 0 Å². The van der Waals surface area contributed by atoms with Crippen LogP contribution in [0.25, 0.3) is 0 Å². The van der Waals surface area contributed by atoms with E-state index in [0.717, 1.165) is 5.25 Å². The van der Waals surface area contributed by atoms with Crippen LogP contribution >= 0.6 is 23.5 Å². The summed E-state index contributed by atoms with van der Waals surface area (Å²) in [5.41, 5.74) is 6.91. The van der Waals surface area contributed by atoms with Gasteiger partial charge in [-0.2, -0.15) is 23.5 Å². The third-order valence-electron chi connectivity index (χ3n) is 3.61. The molecule has 1 aliphatic carbocycles. The van der Waals surface area contributed by atoms with Crippen LogP contribution in [0.1, 0.15) is 32.6 Å². The second-order valence-corrected chi connectivity index (χ2v) is 7.51. The summed E-state index contributed by atoms with van der Waals surface area (Å²) >= 11 is 4.18. The molecule has 2 fully saturated rings. The lowest BCUT2D eigenvalue weighted by molar-refractivity contribution is 0.134. The third kappa shape index (κ3) is 2.61. The summed E-state index contributed by atoms with van der Waals surface area (Å²) in [6.07, 6.45) is 5.50. The van der Waals surface area contributed by atoms with Crippen LogP contribution < -0.4 is 5.73 Å². The Morgan fingerprint density at radius 1 is 1.43 bits per heavy atom. The highest BCUT2D eigenvalue weighted by atomic mass is 32.2. The molecule has 1 saturated heterocycles. The van der Waals surface area contributed by atoms with E-state index >= 15 is 0 Å². The Hall–Kier alpha value is 0.660. The molecule has 0 aromatic rings. The van der Waals surface area contributed by atoms with Gasteiger partial charge < -0.3 is 5.73 Å². The van der Waals surface area contributed by atoms with Gasteiger partial charge in [-0.25, -0.2) is 0 Å². The molecule has 0 radical (unpaired) electrons. The molecule has 2 atom stereocenters. The molecule has 0 aromatic carbocycles. The van der Waals surface area contributed by atoms with Crippen LogP contribution in [0.2, 0.25) is 0 Å². The van der Waals surface area contributed by atoms with Gasteiger partial charge in [0.05, 0.1) is 0 Å². The van der Waals surface area contributed by atoms with Gasteiger partial charge >= 0.3 is 0 Å². The molecule has 2 N–H and O–H groups in total. The van der Waals surface area contributed by atoms with Crippen molar-refractivity contribution < 1.29 is 0 Å². The minimum atomic E-state index is 0.443. The van der Waals surface area contributed by atoms with Gasteiger partial charge in [0.1, 0.15) is 0 Å². The van der Waals surface area contributed by atoms with Crippen molar-refractivity contribution in [2.24, 2.45) is 11.1 Å². The van der Waals surface area contributed by atoms with Crippen molar-refractivity contribution in [2.75, 3.05) is 17.3 Å². The van der Waals surface area contributed by atoms with Gasteiger partial charge in [-0.3, -0.25) is 0 Å². The standard InChI is InChI=1S/C11H21NS2/c1-11(3-2-4-11)7-9(12)10-8-13-5-6-14-10/h9-10H,2-8,12H2,1H3. The first-order valence-corrected chi connectivity index (χ1v) is 7.85. The molecule has 2 aliphatic rings. The van der Waals surface area contributed by atoms with Crippen LogP contribution in [0.15, 0.2) is 0 Å². The topological polar surface area (TPSA) is 26.0 Å². The quantitative estimate of drug-likeness (QED) is 0.809. The first kappa shape index (κ1) is 11.2. The highest BCUT2D eigenvalue weighted by molar-refractivity contribution is 8.06. The third-order valence-corrected chi connectivity index (χ3v) is 6.55. The highest BCUT2D eigenvalue weighted by Crippen LogP contribution is 2.45. The van der Waals surface area contributed by atoms with Crippen molar-refractivity contribution in [1.82, 2.24) is 0 Å². The van der Waals surface area contributed by atoms with E-state index in [1.807, 2.05) is 0 Å². The van der Waals surface area contributed by atoms with Gasteiger partial charge in [-0.15, -0.1) is 0 Å². The molecule has 14 heavy (non-hydrogen) atoms. The lowest BCUT2D eigenvalue weighted by Crippen LogP contribution is -2.42. The molecule has 3 heteroatoms. The molecule has 1 heterocycles. The molecule has 0 amide bonds. The van der Waals surface area contributed by atoms with Gasteiger partial charge in [0.25, 0.3) is 0 Å². The van der Waals surface area contributed by atoms with E-state index < -0.39 is 0 Å². The van der Waals surface area contributed by atoms with E-state index in [1.165, 1.54) is 42.9 Å². The Bertz CT molecular complexity index is 186. The van der Waals surface area contributed by atoms with E-state index in [0.29, 0.717) is 11.5 Å². The molecule has 2 unspecified atom stereocenters. The van der Waals surface area contributed by atoms with Crippen LogP contribution in [-0.4, -0.2) is 28.6 Å². The van der Waals surface area contributed by atoms with Gasteiger partial charge in [-0.1, -0.05) is 13.3 Å². The van der Waals surface area contributed by atoms with Crippen molar-refractivity contribution >= 4 is 23.5 Å². The summed E-state index contributed by atoms with van der Waals surface area (Å²) in [6.45, 7) is 2.41. The lowest BCUT2D eigenvalue weighted by Gasteiger charge is -2.42. The predicted octanol–water partition coefficient (Wildman–Crippen LogP) is 2.74. The Morgan fingerprint density at radius 2 is 2.21 bits per heavy atom. The number of rotatable bonds is 3. The van der Waals surface area contributed by atoms with Crippen LogP contribution in [0.4, 0.5) is 0 Å². The highest BCUT2D eigenvalue weighted by Gasteiger charge is 2.35. The van der Waals surface area contributed by atoms with Crippen molar-refractivity contribution in [3.63, 3.8) is 0 Å². The SMILES string of the molecule is CC1(CC(N)C2CSCCS2)CCC1. The number of hydrogen-bond acceptors (Lipinski definition) is 3.